The third-order valence-electron chi connectivity index (χ3n) is 3.86. The molecule has 1 aliphatic rings. The van der Waals surface area contributed by atoms with Crippen molar-refractivity contribution in [3.63, 3.8) is 0 Å². The van der Waals surface area contributed by atoms with Crippen LogP contribution in [0.3, 0.4) is 0 Å². The normalized spacial score (nSPS) is 16.9. The molecular formula is C15H26N4O. The minimum atomic E-state index is 0.0701. The van der Waals surface area contributed by atoms with E-state index in [1.165, 1.54) is 38.5 Å². The number of amides is 1. The van der Waals surface area contributed by atoms with Gasteiger partial charge in [0.15, 0.2) is 0 Å². The van der Waals surface area contributed by atoms with Crippen molar-refractivity contribution in [2.75, 3.05) is 13.1 Å². The fourth-order valence-electron chi connectivity index (χ4n) is 2.77. The van der Waals surface area contributed by atoms with Crippen molar-refractivity contribution in [1.82, 2.24) is 20.4 Å². The van der Waals surface area contributed by atoms with Gasteiger partial charge in [0.25, 0.3) is 0 Å². The third-order valence-corrected chi connectivity index (χ3v) is 3.86. The van der Waals surface area contributed by atoms with Gasteiger partial charge in [-0.05, 0) is 18.4 Å². The molecule has 1 aromatic rings. The molecule has 1 aromatic heterocycles. The number of hydrogen-bond acceptors (Lipinski definition) is 3. The monoisotopic (exact) mass is 278 g/mol. The minimum absolute atomic E-state index is 0.0701. The van der Waals surface area contributed by atoms with Crippen LogP contribution in [0.1, 0.15) is 44.1 Å². The number of aryl methyl sites for hydroxylation is 1. The maximum Gasteiger partial charge on any atom is 0.224 e. The Morgan fingerprint density at radius 1 is 1.30 bits per heavy atom. The summed E-state index contributed by atoms with van der Waals surface area (Å²) < 4.78 is 1.72. The Morgan fingerprint density at radius 3 is 2.70 bits per heavy atom. The van der Waals surface area contributed by atoms with Crippen LogP contribution in [0.15, 0.2) is 12.4 Å². The van der Waals surface area contributed by atoms with Crippen molar-refractivity contribution in [3.8, 4) is 0 Å². The molecule has 1 heterocycles. The van der Waals surface area contributed by atoms with E-state index < -0.39 is 0 Å². The lowest BCUT2D eigenvalue weighted by Gasteiger charge is -2.16. The average molecular weight is 278 g/mol. The van der Waals surface area contributed by atoms with Gasteiger partial charge in [-0.25, -0.2) is 0 Å². The molecule has 0 aliphatic heterocycles. The molecule has 0 unspecified atom stereocenters. The molecule has 0 saturated heterocycles. The molecule has 2 N–H and O–H groups in total. The maximum atomic E-state index is 11.8. The molecule has 1 saturated carbocycles. The van der Waals surface area contributed by atoms with E-state index >= 15 is 0 Å². The number of carbonyl (C=O) groups excluding carboxylic acids is 1. The third kappa shape index (κ3) is 5.33. The number of nitrogens with one attached hydrogen (secondary N) is 2. The van der Waals surface area contributed by atoms with Gasteiger partial charge in [0.05, 0.1) is 12.6 Å². The van der Waals surface area contributed by atoms with Crippen LogP contribution in [0.2, 0.25) is 0 Å². The molecule has 1 amide bonds. The van der Waals surface area contributed by atoms with Gasteiger partial charge in [0.1, 0.15) is 0 Å². The number of hydrogen-bond donors (Lipinski definition) is 2. The van der Waals surface area contributed by atoms with Crippen molar-refractivity contribution in [1.29, 1.82) is 0 Å². The number of rotatable bonds is 6. The predicted molar refractivity (Wildman–Crippen MR) is 79.4 cm³/mol. The summed E-state index contributed by atoms with van der Waals surface area (Å²) in [5.74, 6) is 0.0701. The zero-order chi connectivity index (χ0) is 14.2. The number of aromatic nitrogens is 2. The summed E-state index contributed by atoms with van der Waals surface area (Å²) in [7, 11) is 1.86. The van der Waals surface area contributed by atoms with Gasteiger partial charge in [-0.2, -0.15) is 5.10 Å². The fraction of sp³-hybridized carbons (Fsp3) is 0.733. The Bertz CT molecular complexity index is 408. The second-order valence-corrected chi connectivity index (χ2v) is 5.69. The topological polar surface area (TPSA) is 59.0 Å². The van der Waals surface area contributed by atoms with Crippen LogP contribution in [0.4, 0.5) is 0 Å². The van der Waals surface area contributed by atoms with Crippen LogP contribution in [-0.2, 0) is 18.3 Å². The van der Waals surface area contributed by atoms with Crippen LogP contribution in [0.25, 0.3) is 0 Å². The zero-order valence-corrected chi connectivity index (χ0v) is 12.4. The van der Waals surface area contributed by atoms with Gasteiger partial charge >= 0.3 is 0 Å². The molecule has 1 fully saturated rings. The molecule has 0 bridgehead atoms. The summed E-state index contributed by atoms with van der Waals surface area (Å²) in [5.41, 5.74) is 0.960. The van der Waals surface area contributed by atoms with E-state index in [2.05, 4.69) is 15.7 Å². The molecule has 1 aliphatic carbocycles. The van der Waals surface area contributed by atoms with E-state index in [4.69, 9.17) is 0 Å². The van der Waals surface area contributed by atoms with E-state index in [0.717, 1.165) is 12.1 Å². The lowest BCUT2D eigenvalue weighted by atomic mass is 10.1. The second kappa shape index (κ2) is 8.04. The van der Waals surface area contributed by atoms with Crippen molar-refractivity contribution >= 4 is 5.91 Å². The summed E-state index contributed by atoms with van der Waals surface area (Å²) in [6, 6.07) is 0.646. The van der Waals surface area contributed by atoms with Gasteiger partial charge in [-0.3, -0.25) is 9.48 Å². The fourth-order valence-corrected chi connectivity index (χ4v) is 2.77. The highest BCUT2D eigenvalue weighted by atomic mass is 16.1. The highest BCUT2D eigenvalue weighted by Gasteiger charge is 2.11. The molecule has 0 aromatic carbocycles. The van der Waals surface area contributed by atoms with Crippen molar-refractivity contribution in [3.05, 3.63) is 18.0 Å². The predicted octanol–water partition coefficient (Wildman–Crippen LogP) is 1.39. The van der Waals surface area contributed by atoms with E-state index in [1.807, 2.05) is 13.2 Å². The van der Waals surface area contributed by atoms with Gasteiger partial charge in [-0.15, -0.1) is 0 Å². The summed E-state index contributed by atoms with van der Waals surface area (Å²) in [6.07, 6.45) is 12.0. The molecular weight excluding hydrogens is 252 g/mol. The summed E-state index contributed by atoms with van der Waals surface area (Å²) >= 11 is 0. The summed E-state index contributed by atoms with van der Waals surface area (Å²) in [6.45, 7) is 1.57. The Hall–Kier alpha value is -1.36. The summed E-state index contributed by atoms with van der Waals surface area (Å²) in [4.78, 5) is 11.8. The molecule has 20 heavy (non-hydrogen) atoms. The molecule has 0 spiro atoms. The van der Waals surface area contributed by atoms with E-state index in [-0.39, 0.29) is 5.91 Å². The first kappa shape index (κ1) is 15.0. The smallest absolute Gasteiger partial charge is 0.224 e. The van der Waals surface area contributed by atoms with E-state index in [0.29, 0.717) is 19.0 Å². The molecule has 5 nitrogen and oxygen atoms in total. The zero-order valence-electron chi connectivity index (χ0n) is 12.4. The van der Waals surface area contributed by atoms with Gasteiger partial charge in [-0.1, -0.05) is 25.7 Å². The quantitative estimate of drug-likeness (QED) is 0.611. The first-order valence-electron chi connectivity index (χ1n) is 7.71. The minimum Gasteiger partial charge on any atom is -0.355 e. The second-order valence-electron chi connectivity index (χ2n) is 5.69. The first-order chi connectivity index (χ1) is 9.74. The number of carbonyl (C=O) groups is 1. The Kier molecular flexibility index (Phi) is 6.05. The molecule has 5 heteroatoms. The standard InChI is InChI=1S/C15H26N4O/c1-19-12-13(11-18-19)10-15(20)17-9-8-16-14-6-4-2-3-5-7-14/h11-12,14,16H,2-10H2,1H3,(H,17,20). The maximum absolute atomic E-state index is 11.8. The SMILES string of the molecule is Cn1cc(CC(=O)NCCNC2CCCCCC2)cn1. The Labute approximate surface area is 121 Å². The lowest BCUT2D eigenvalue weighted by Crippen LogP contribution is -2.37. The highest BCUT2D eigenvalue weighted by molar-refractivity contribution is 5.78. The number of nitrogens with zero attached hydrogens (tertiary/aromatic N) is 2. The van der Waals surface area contributed by atoms with Crippen LogP contribution in [0, 0.1) is 0 Å². The largest absolute Gasteiger partial charge is 0.355 e. The highest BCUT2D eigenvalue weighted by Crippen LogP contribution is 2.16. The lowest BCUT2D eigenvalue weighted by molar-refractivity contribution is -0.120. The Morgan fingerprint density at radius 2 is 2.05 bits per heavy atom. The molecule has 0 atom stereocenters. The van der Waals surface area contributed by atoms with Crippen LogP contribution in [0.5, 0.6) is 0 Å². The van der Waals surface area contributed by atoms with Crippen LogP contribution in [-0.4, -0.2) is 34.8 Å². The van der Waals surface area contributed by atoms with Crippen molar-refractivity contribution in [2.45, 2.75) is 51.0 Å². The first-order valence-corrected chi connectivity index (χ1v) is 7.71. The van der Waals surface area contributed by atoms with E-state index in [1.54, 1.807) is 10.9 Å². The molecule has 2 rings (SSSR count). The van der Waals surface area contributed by atoms with Gasteiger partial charge in [0, 0.05) is 32.4 Å². The van der Waals surface area contributed by atoms with Crippen LogP contribution < -0.4 is 10.6 Å². The van der Waals surface area contributed by atoms with E-state index in [9.17, 15) is 4.79 Å². The average Bonchev–Trinajstić information content (AvgIpc) is 2.67. The van der Waals surface area contributed by atoms with Gasteiger partial charge < -0.3 is 10.6 Å². The summed E-state index contributed by atoms with van der Waals surface area (Å²) in [5, 5.41) is 10.6. The molecule has 112 valence electrons. The van der Waals surface area contributed by atoms with Crippen molar-refractivity contribution < 1.29 is 4.79 Å². The van der Waals surface area contributed by atoms with Gasteiger partial charge in [0.2, 0.25) is 5.91 Å². The van der Waals surface area contributed by atoms with Crippen molar-refractivity contribution in [2.24, 2.45) is 7.05 Å². The Balaban J connectivity index is 1.57. The molecule has 0 radical (unpaired) electrons. The van der Waals surface area contributed by atoms with Crippen LogP contribution >= 0.6 is 0 Å².